The summed E-state index contributed by atoms with van der Waals surface area (Å²) in [6.45, 7) is 23.2. The van der Waals surface area contributed by atoms with Crippen LogP contribution in [0.5, 0.6) is 23.0 Å². The van der Waals surface area contributed by atoms with Gasteiger partial charge < -0.3 is 42.6 Å². The Hall–Kier alpha value is -6.26. The lowest BCUT2D eigenvalue weighted by atomic mass is 10.0. The molecule has 16 heteroatoms. The van der Waals surface area contributed by atoms with Gasteiger partial charge in [-0.25, -0.2) is 14.5 Å². The van der Waals surface area contributed by atoms with Gasteiger partial charge in [0.25, 0.3) is 11.8 Å². The molecule has 3 aromatic carbocycles. The largest absolute Gasteiger partial charge is 0.496 e. The number of carbonyl (C=O) groups excluding carboxylic acids is 4. The molecule has 1 saturated heterocycles. The van der Waals surface area contributed by atoms with E-state index in [1.165, 1.54) is 24.2 Å². The smallest absolute Gasteiger partial charge is 0.416 e. The van der Waals surface area contributed by atoms with Crippen molar-refractivity contribution in [3.05, 3.63) is 102 Å². The molecular formula is C53H66N4O11Si. The van der Waals surface area contributed by atoms with Crippen molar-refractivity contribution in [1.82, 2.24) is 9.80 Å². The van der Waals surface area contributed by atoms with E-state index in [4.69, 9.17) is 32.8 Å². The highest BCUT2D eigenvalue weighted by Crippen LogP contribution is 2.57. The Morgan fingerprint density at radius 3 is 2.12 bits per heavy atom. The number of hydrogen-bond donors (Lipinski definition) is 0. The van der Waals surface area contributed by atoms with Gasteiger partial charge in [0.2, 0.25) is 0 Å². The van der Waals surface area contributed by atoms with Crippen LogP contribution in [-0.4, -0.2) is 114 Å². The van der Waals surface area contributed by atoms with Crippen molar-refractivity contribution in [3.8, 4) is 23.0 Å². The number of ether oxygens (including phenoxy) is 6. The van der Waals surface area contributed by atoms with Crippen LogP contribution in [-0.2, 0) is 13.9 Å². The zero-order valence-electron chi connectivity index (χ0n) is 41.5. The summed E-state index contributed by atoms with van der Waals surface area (Å²) in [5.74, 6) is 1.43. The quantitative estimate of drug-likeness (QED) is 0.0815. The SMILES string of the molecule is C=CCOC(=O)N1C[C@@H]2CC(c3ccc(C)c(OC)c3)=CN2C(=O)c2cc(OC)c(OCCCOc3cc4c(cc3C)C(=O)N3CC5(CC5)C[C@H]3C(O[Si](C)(C)C(C)(C)C)N4C(=O)OCC=C)cc21. The molecule has 368 valence electrons. The molecule has 69 heavy (non-hydrogen) atoms. The molecule has 4 amide bonds. The monoisotopic (exact) mass is 962 g/mol. The fourth-order valence-electron chi connectivity index (χ4n) is 9.53. The van der Waals surface area contributed by atoms with E-state index in [-0.39, 0.29) is 72.9 Å². The second-order valence-corrected chi connectivity index (χ2v) is 25.1. The Labute approximate surface area is 406 Å². The molecule has 5 aliphatic rings. The summed E-state index contributed by atoms with van der Waals surface area (Å²) in [6.07, 6.45) is 6.55. The molecule has 1 spiro atoms. The van der Waals surface area contributed by atoms with Crippen LogP contribution >= 0.6 is 0 Å². The summed E-state index contributed by atoms with van der Waals surface area (Å²) >= 11 is 0. The zero-order chi connectivity index (χ0) is 49.6. The average molecular weight is 963 g/mol. The van der Waals surface area contributed by atoms with E-state index < -0.39 is 26.7 Å². The summed E-state index contributed by atoms with van der Waals surface area (Å²) < 4.78 is 42.6. The number of benzene rings is 3. The third kappa shape index (κ3) is 9.57. The van der Waals surface area contributed by atoms with Crippen molar-refractivity contribution in [2.75, 3.05) is 63.5 Å². The number of aryl methyl sites for hydroxylation is 2. The third-order valence-electron chi connectivity index (χ3n) is 14.6. The summed E-state index contributed by atoms with van der Waals surface area (Å²) in [5.41, 5.74) is 4.97. The van der Waals surface area contributed by atoms with Gasteiger partial charge in [-0.1, -0.05) is 58.2 Å². The van der Waals surface area contributed by atoms with Crippen LogP contribution in [0.1, 0.15) is 90.3 Å². The molecule has 0 N–H and O–H groups in total. The van der Waals surface area contributed by atoms with Crippen LogP contribution in [0.15, 0.2) is 74.0 Å². The Bertz CT molecular complexity index is 2580. The van der Waals surface area contributed by atoms with Crippen LogP contribution in [0.2, 0.25) is 18.1 Å². The van der Waals surface area contributed by atoms with Crippen molar-refractivity contribution in [2.24, 2.45) is 5.41 Å². The van der Waals surface area contributed by atoms with Gasteiger partial charge in [0.1, 0.15) is 24.7 Å². The lowest BCUT2D eigenvalue weighted by molar-refractivity contribution is 0.0528. The Kier molecular flexibility index (Phi) is 13.7. The first-order valence-corrected chi connectivity index (χ1v) is 26.7. The van der Waals surface area contributed by atoms with E-state index in [0.29, 0.717) is 53.6 Å². The van der Waals surface area contributed by atoms with E-state index in [1.807, 2.05) is 43.1 Å². The van der Waals surface area contributed by atoms with Gasteiger partial charge in [-0.2, -0.15) is 0 Å². The maximum absolute atomic E-state index is 14.6. The number of anilines is 2. The third-order valence-corrected chi connectivity index (χ3v) is 19.0. The predicted molar refractivity (Wildman–Crippen MR) is 266 cm³/mol. The molecule has 4 heterocycles. The molecule has 0 bridgehead atoms. The number of nitrogens with zero attached hydrogens (tertiary/aromatic N) is 4. The fraction of sp³-hybridized carbons (Fsp3) is 0.472. The van der Waals surface area contributed by atoms with Crippen LogP contribution in [0.4, 0.5) is 21.0 Å². The lowest BCUT2D eigenvalue weighted by Gasteiger charge is -2.44. The van der Waals surface area contributed by atoms with E-state index in [9.17, 15) is 19.2 Å². The number of methoxy groups -OCH3 is 2. The van der Waals surface area contributed by atoms with Gasteiger partial charge in [-0.15, -0.1) is 0 Å². The van der Waals surface area contributed by atoms with Gasteiger partial charge in [-0.3, -0.25) is 14.5 Å². The molecule has 0 radical (unpaired) electrons. The molecule has 1 unspecified atom stereocenters. The van der Waals surface area contributed by atoms with Crippen LogP contribution in [0.25, 0.3) is 5.57 Å². The minimum absolute atomic E-state index is 0.0102. The van der Waals surface area contributed by atoms with E-state index in [2.05, 4.69) is 47.0 Å². The van der Waals surface area contributed by atoms with Crippen LogP contribution in [0.3, 0.4) is 0 Å². The van der Waals surface area contributed by atoms with Crippen molar-refractivity contribution < 1.29 is 52.0 Å². The van der Waals surface area contributed by atoms with E-state index >= 15 is 0 Å². The normalized spacial score (nSPS) is 20.2. The van der Waals surface area contributed by atoms with Crippen LogP contribution < -0.4 is 28.7 Å². The lowest BCUT2D eigenvalue weighted by Crippen LogP contribution is -2.58. The molecular weight excluding hydrogens is 897 g/mol. The van der Waals surface area contributed by atoms with E-state index in [0.717, 1.165) is 47.3 Å². The Morgan fingerprint density at radius 2 is 1.46 bits per heavy atom. The molecule has 0 aromatic heterocycles. The minimum atomic E-state index is -2.52. The first-order valence-electron chi connectivity index (χ1n) is 23.8. The first kappa shape index (κ1) is 49.2. The second-order valence-electron chi connectivity index (χ2n) is 20.3. The second kappa shape index (κ2) is 19.3. The van der Waals surface area contributed by atoms with Gasteiger partial charge in [-0.05, 0) is 104 Å². The summed E-state index contributed by atoms with van der Waals surface area (Å²) in [6, 6.07) is 12.0. The number of carbonyl (C=O) groups is 4. The number of hydrogen-bond acceptors (Lipinski definition) is 11. The van der Waals surface area contributed by atoms with Crippen molar-refractivity contribution >= 4 is 49.3 Å². The van der Waals surface area contributed by atoms with Gasteiger partial charge >= 0.3 is 12.2 Å². The molecule has 1 aliphatic carbocycles. The predicted octanol–water partition coefficient (Wildman–Crippen LogP) is 10.1. The summed E-state index contributed by atoms with van der Waals surface area (Å²) in [7, 11) is 0.602. The van der Waals surface area contributed by atoms with Gasteiger partial charge in [0, 0.05) is 31.3 Å². The number of amides is 4. The van der Waals surface area contributed by atoms with E-state index in [1.54, 1.807) is 41.2 Å². The highest BCUT2D eigenvalue weighted by Gasteiger charge is 2.59. The fourth-order valence-corrected chi connectivity index (χ4v) is 10.7. The average Bonchev–Trinajstić information content (AvgIpc) is 3.83. The minimum Gasteiger partial charge on any atom is -0.496 e. The molecule has 3 atom stereocenters. The molecule has 3 aromatic rings. The maximum Gasteiger partial charge on any atom is 0.416 e. The highest BCUT2D eigenvalue weighted by atomic mass is 28.4. The van der Waals surface area contributed by atoms with Crippen molar-refractivity contribution in [2.45, 2.75) is 103 Å². The Morgan fingerprint density at radius 1 is 0.812 bits per heavy atom. The van der Waals surface area contributed by atoms with Crippen molar-refractivity contribution in [1.29, 1.82) is 0 Å². The molecule has 8 rings (SSSR count). The molecule has 15 nitrogen and oxygen atoms in total. The zero-order valence-corrected chi connectivity index (χ0v) is 42.5. The standard InChI is InChI=1S/C53H66N4O11Si/c1-12-19-66-50(60)55-31-37-24-36(35-16-15-33(3)43(25-35)62-8)30-54(37)47(58)39-26-45(63-9)46(27-40(39)55)65-22-14-21-64-44-28-41-38(23-34(44)4)48(59)56-32-53(17-18-53)29-42(56)49(57(41)51(61)67-20-13-2)68-69(10,11)52(5,6)7/h12-13,15-16,23,25-28,30,37,42,49H,1-2,14,17-22,24,29,31-32H2,3-11H3/t37-,42-,49?/m0/s1. The molecule has 4 aliphatic heterocycles. The molecule has 2 fully saturated rings. The first-order chi connectivity index (χ1) is 32.8. The van der Waals surface area contributed by atoms with Gasteiger partial charge in [0.15, 0.2) is 26.0 Å². The topological polar surface area (TPSA) is 146 Å². The number of fused-ring (bicyclic) bond motifs is 4. The maximum atomic E-state index is 14.6. The van der Waals surface area contributed by atoms with Crippen molar-refractivity contribution in [3.63, 3.8) is 0 Å². The Balaban J connectivity index is 1.03. The number of rotatable bonds is 15. The molecule has 1 saturated carbocycles. The summed E-state index contributed by atoms with van der Waals surface area (Å²) in [5, 5.41) is -0.180. The summed E-state index contributed by atoms with van der Waals surface area (Å²) in [4.78, 5) is 63.7. The van der Waals surface area contributed by atoms with Crippen LogP contribution in [0, 0.1) is 19.3 Å². The highest BCUT2D eigenvalue weighted by molar-refractivity contribution is 6.74. The van der Waals surface area contributed by atoms with Gasteiger partial charge in [0.05, 0.1) is 68.6 Å².